The molecule has 86 valence electrons. The molecule has 3 heteroatoms. The lowest BCUT2D eigenvalue weighted by Crippen LogP contribution is -2.05. The Bertz CT molecular complexity index is 506. The molecule has 0 amide bonds. The molecule has 2 aromatic rings. The van der Waals surface area contributed by atoms with Crippen LogP contribution in [-0.4, -0.2) is 10.8 Å². The third-order valence-corrected chi connectivity index (χ3v) is 4.04. The Kier molecular flexibility index (Phi) is 2.77. The molecule has 3 rings (SSSR count). The molecular formula is C14H13NOS. The summed E-state index contributed by atoms with van der Waals surface area (Å²) in [6, 6.07) is 10.3. The second kappa shape index (κ2) is 4.41. The van der Waals surface area contributed by atoms with Gasteiger partial charge in [-0.15, -0.1) is 11.3 Å². The second-order valence-electron chi connectivity index (χ2n) is 4.47. The Morgan fingerprint density at radius 3 is 2.88 bits per heavy atom. The molecule has 1 aromatic heterocycles. The molecule has 0 saturated heterocycles. The molecule has 1 heterocycles. The van der Waals surface area contributed by atoms with Crippen molar-refractivity contribution in [3.05, 3.63) is 52.5 Å². The monoisotopic (exact) mass is 243 g/mol. The van der Waals surface area contributed by atoms with Crippen LogP contribution in [0.5, 0.6) is 0 Å². The third kappa shape index (κ3) is 2.29. The summed E-state index contributed by atoms with van der Waals surface area (Å²) in [5, 5.41) is 0. The van der Waals surface area contributed by atoms with E-state index in [0.29, 0.717) is 18.1 Å². The Balaban J connectivity index is 1.63. The number of aromatic nitrogens is 1. The van der Waals surface area contributed by atoms with Crippen LogP contribution in [0.2, 0.25) is 0 Å². The van der Waals surface area contributed by atoms with E-state index in [2.05, 4.69) is 17.1 Å². The summed E-state index contributed by atoms with van der Waals surface area (Å²) < 4.78 is 0. The lowest BCUT2D eigenvalue weighted by Gasteiger charge is -1.99. The minimum Gasteiger partial charge on any atom is -0.299 e. The first-order valence-corrected chi connectivity index (χ1v) is 6.67. The summed E-state index contributed by atoms with van der Waals surface area (Å²) >= 11 is 1.56. The number of thiazole rings is 1. The number of benzene rings is 1. The summed E-state index contributed by atoms with van der Waals surface area (Å²) in [4.78, 5) is 17.1. The van der Waals surface area contributed by atoms with Gasteiger partial charge >= 0.3 is 0 Å². The lowest BCUT2D eigenvalue weighted by atomic mass is 10.1. The zero-order valence-electron chi connectivity index (χ0n) is 9.37. The highest BCUT2D eigenvalue weighted by Crippen LogP contribution is 2.48. The van der Waals surface area contributed by atoms with Crippen LogP contribution in [0.25, 0.3) is 0 Å². The van der Waals surface area contributed by atoms with Gasteiger partial charge in [-0.25, -0.2) is 0 Å². The fourth-order valence-corrected chi connectivity index (χ4v) is 2.86. The number of carbonyl (C=O) groups is 1. The maximum Gasteiger partial charge on any atom is 0.141 e. The summed E-state index contributed by atoms with van der Waals surface area (Å²) in [6.07, 6.45) is 3.36. The fraction of sp³-hybridized carbons (Fsp3) is 0.286. The van der Waals surface area contributed by atoms with Crippen LogP contribution in [0, 0.1) is 5.92 Å². The number of Topliss-reactive ketones (excluding diaryl/α,β-unsaturated/α-hetero) is 1. The molecule has 2 unspecified atom stereocenters. The summed E-state index contributed by atoms with van der Waals surface area (Å²) in [6.45, 7) is 0. The van der Waals surface area contributed by atoms with E-state index in [9.17, 15) is 4.79 Å². The predicted octanol–water partition coefficient (Wildman–Crippen LogP) is 3.06. The van der Waals surface area contributed by atoms with Gasteiger partial charge in [-0.05, 0) is 17.9 Å². The average molecular weight is 243 g/mol. The minimum absolute atomic E-state index is 0.236. The van der Waals surface area contributed by atoms with Gasteiger partial charge in [0.05, 0.1) is 5.51 Å². The Hall–Kier alpha value is -1.48. The van der Waals surface area contributed by atoms with Gasteiger partial charge in [-0.3, -0.25) is 9.78 Å². The van der Waals surface area contributed by atoms with E-state index >= 15 is 0 Å². The van der Waals surface area contributed by atoms with Crippen LogP contribution in [-0.2, 0) is 11.2 Å². The van der Waals surface area contributed by atoms with Gasteiger partial charge in [-0.1, -0.05) is 30.3 Å². The van der Waals surface area contributed by atoms with Gasteiger partial charge < -0.3 is 0 Å². The first-order chi connectivity index (χ1) is 8.34. The first kappa shape index (κ1) is 10.7. The van der Waals surface area contributed by atoms with Crippen molar-refractivity contribution >= 4 is 17.1 Å². The molecule has 1 fully saturated rings. The highest BCUT2D eigenvalue weighted by atomic mass is 32.1. The molecule has 0 spiro atoms. The van der Waals surface area contributed by atoms with Crippen LogP contribution in [0.1, 0.15) is 22.8 Å². The molecule has 1 aliphatic carbocycles. The molecule has 0 radical (unpaired) electrons. The number of rotatable bonds is 4. The zero-order chi connectivity index (χ0) is 11.7. The number of hydrogen-bond donors (Lipinski definition) is 0. The van der Waals surface area contributed by atoms with Crippen molar-refractivity contribution in [3.8, 4) is 0 Å². The van der Waals surface area contributed by atoms with Crippen molar-refractivity contribution in [1.29, 1.82) is 0 Å². The summed E-state index contributed by atoms with van der Waals surface area (Å²) in [5.41, 5.74) is 3.08. The van der Waals surface area contributed by atoms with E-state index in [1.165, 1.54) is 5.56 Å². The van der Waals surface area contributed by atoms with E-state index < -0.39 is 0 Å². The number of nitrogens with zero attached hydrogens (tertiary/aromatic N) is 1. The van der Waals surface area contributed by atoms with Gasteiger partial charge in [-0.2, -0.15) is 0 Å². The number of hydrogen-bond acceptors (Lipinski definition) is 3. The van der Waals surface area contributed by atoms with Crippen molar-refractivity contribution in [3.63, 3.8) is 0 Å². The van der Waals surface area contributed by atoms with Crippen LogP contribution in [0.3, 0.4) is 0 Å². The van der Waals surface area contributed by atoms with Crippen molar-refractivity contribution in [1.82, 2.24) is 4.98 Å². The van der Waals surface area contributed by atoms with E-state index in [0.717, 1.165) is 11.3 Å². The highest BCUT2D eigenvalue weighted by Gasteiger charge is 2.43. The van der Waals surface area contributed by atoms with Gasteiger partial charge in [0.15, 0.2) is 0 Å². The predicted molar refractivity (Wildman–Crippen MR) is 68.1 cm³/mol. The van der Waals surface area contributed by atoms with E-state index in [-0.39, 0.29) is 5.92 Å². The van der Waals surface area contributed by atoms with E-state index in [1.807, 2.05) is 18.2 Å². The third-order valence-electron chi connectivity index (χ3n) is 3.26. The maximum absolute atomic E-state index is 12.0. The van der Waals surface area contributed by atoms with Crippen molar-refractivity contribution in [2.45, 2.75) is 18.8 Å². The largest absolute Gasteiger partial charge is 0.299 e. The zero-order valence-corrected chi connectivity index (χ0v) is 10.2. The number of carbonyl (C=O) groups excluding carboxylic acids is 1. The molecular weight excluding hydrogens is 230 g/mol. The molecule has 0 bridgehead atoms. The van der Waals surface area contributed by atoms with Crippen LogP contribution < -0.4 is 0 Å². The molecule has 1 aliphatic rings. The fourth-order valence-electron chi connectivity index (χ4n) is 2.25. The van der Waals surface area contributed by atoms with Gasteiger partial charge in [0.25, 0.3) is 0 Å². The average Bonchev–Trinajstić information content (AvgIpc) is 3.02. The molecule has 1 aromatic carbocycles. The summed E-state index contributed by atoms with van der Waals surface area (Å²) in [7, 11) is 0. The second-order valence-corrected chi connectivity index (χ2v) is 5.44. The Morgan fingerprint density at radius 2 is 2.18 bits per heavy atom. The number of ketones is 1. The first-order valence-electron chi connectivity index (χ1n) is 5.79. The van der Waals surface area contributed by atoms with Gasteiger partial charge in [0.2, 0.25) is 0 Å². The van der Waals surface area contributed by atoms with E-state index in [4.69, 9.17) is 0 Å². The lowest BCUT2D eigenvalue weighted by molar-refractivity contribution is -0.119. The normalized spacial score (nSPS) is 22.4. The van der Waals surface area contributed by atoms with Gasteiger partial charge in [0.1, 0.15) is 5.78 Å². The van der Waals surface area contributed by atoms with Crippen molar-refractivity contribution < 1.29 is 4.79 Å². The molecule has 1 saturated carbocycles. The van der Waals surface area contributed by atoms with Crippen molar-refractivity contribution in [2.75, 3.05) is 0 Å². The quantitative estimate of drug-likeness (QED) is 0.826. The smallest absolute Gasteiger partial charge is 0.141 e. The minimum atomic E-state index is 0.236. The Labute approximate surface area is 104 Å². The highest BCUT2D eigenvalue weighted by molar-refractivity contribution is 7.09. The SMILES string of the molecule is O=C(Cc1cncs1)C1CC1c1ccccc1. The molecule has 2 atom stereocenters. The van der Waals surface area contributed by atoms with Crippen LogP contribution in [0.15, 0.2) is 42.0 Å². The van der Waals surface area contributed by atoms with E-state index in [1.54, 1.807) is 23.0 Å². The van der Waals surface area contributed by atoms with Crippen LogP contribution in [0.4, 0.5) is 0 Å². The molecule has 2 nitrogen and oxygen atoms in total. The topological polar surface area (TPSA) is 30.0 Å². The van der Waals surface area contributed by atoms with Crippen LogP contribution >= 0.6 is 11.3 Å². The summed E-state index contributed by atoms with van der Waals surface area (Å²) in [5.74, 6) is 1.05. The maximum atomic E-state index is 12.0. The Morgan fingerprint density at radius 1 is 1.35 bits per heavy atom. The molecule has 0 aliphatic heterocycles. The molecule has 0 N–H and O–H groups in total. The standard InChI is InChI=1S/C14H13NOS/c16-14(6-11-8-15-9-17-11)13-7-12(13)10-4-2-1-3-5-10/h1-5,8-9,12-13H,6-7H2. The van der Waals surface area contributed by atoms with Crippen molar-refractivity contribution in [2.24, 2.45) is 5.92 Å². The molecule has 17 heavy (non-hydrogen) atoms. The van der Waals surface area contributed by atoms with Gasteiger partial charge in [0, 0.05) is 23.4 Å².